The minimum absolute atomic E-state index is 0.217. The third-order valence-electron chi connectivity index (χ3n) is 1.80. The van der Waals surface area contributed by atoms with Gasteiger partial charge in [0.1, 0.15) is 11.9 Å². The van der Waals surface area contributed by atoms with Crippen molar-refractivity contribution >= 4 is 5.78 Å². The Labute approximate surface area is 76.0 Å². The fourth-order valence-corrected chi connectivity index (χ4v) is 1.02. The van der Waals surface area contributed by atoms with Crippen molar-refractivity contribution < 1.29 is 14.3 Å². The van der Waals surface area contributed by atoms with Crippen LogP contribution in [0.2, 0.25) is 0 Å². The zero-order valence-corrected chi connectivity index (χ0v) is 7.33. The Morgan fingerprint density at radius 3 is 2.85 bits per heavy atom. The molecule has 1 atom stereocenters. The highest BCUT2D eigenvalue weighted by atomic mass is 19.1. The molecule has 0 aliphatic rings. The van der Waals surface area contributed by atoms with Gasteiger partial charge in [-0.3, -0.25) is 4.79 Å². The lowest BCUT2D eigenvalue weighted by Crippen LogP contribution is -2.19. The van der Waals surface area contributed by atoms with Gasteiger partial charge in [0.05, 0.1) is 0 Å². The Balaban J connectivity index is 2.89. The van der Waals surface area contributed by atoms with E-state index in [0.717, 1.165) is 6.07 Å². The number of ketones is 1. The fourth-order valence-electron chi connectivity index (χ4n) is 1.02. The second-order valence-corrected chi connectivity index (χ2v) is 2.80. The van der Waals surface area contributed by atoms with E-state index in [4.69, 9.17) is 0 Å². The molecule has 0 heterocycles. The van der Waals surface area contributed by atoms with Crippen molar-refractivity contribution in [3.63, 3.8) is 0 Å². The predicted octanol–water partition coefficient (Wildman–Crippen LogP) is 1.78. The van der Waals surface area contributed by atoms with Crippen LogP contribution in [0.15, 0.2) is 24.3 Å². The molecule has 1 aromatic carbocycles. The van der Waals surface area contributed by atoms with Crippen LogP contribution in [0.4, 0.5) is 4.39 Å². The van der Waals surface area contributed by atoms with E-state index in [0.29, 0.717) is 6.42 Å². The molecule has 1 rings (SSSR count). The van der Waals surface area contributed by atoms with Crippen molar-refractivity contribution in [2.24, 2.45) is 0 Å². The molecule has 1 aromatic rings. The van der Waals surface area contributed by atoms with Gasteiger partial charge in [-0.2, -0.15) is 0 Å². The average Bonchev–Trinajstić information content (AvgIpc) is 2.15. The van der Waals surface area contributed by atoms with Gasteiger partial charge in [-0.05, 0) is 18.6 Å². The third kappa shape index (κ3) is 2.36. The number of rotatable bonds is 3. The van der Waals surface area contributed by atoms with Gasteiger partial charge in [0.15, 0.2) is 5.78 Å². The summed E-state index contributed by atoms with van der Waals surface area (Å²) in [6.07, 6.45) is -0.684. The summed E-state index contributed by atoms with van der Waals surface area (Å²) in [5.41, 5.74) is 0.217. The maximum Gasteiger partial charge on any atom is 0.191 e. The molecule has 2 nitrogen and oxygen atoms in total. The highest BCUT2D eigenvalue weighted by Gasteiger charge is 2.14. The van der Waals surface area contributed by atoms with E-state index in [2.05, 4.69) is 0 Å². The van der Waals surface area contributed by atoms with Crippen LogP contribution in [0.3, 0.4) is 0 Å². The SMILES string of the molecule is CCC(O)C(=O)c1cccc(F)c1. The second-order valence-electron chi connectivity index (χ2n) is 2.80. The number of hydrogen-bond acceptors (Lipinski definition) is 2. The number of aliphatic hydroxyl groups is 1. The molecule has 0 amide bonds. The van der Waals surface area contributed by atoms with Crippen LogP contribution < -0.4 is 0 Å². The largest absolute Gasteiger partial charge is 0.385 e. The number of Topliss-reactive ketones (excluding diaryl/α,β-unsaturated/α-hetero) is 1. The zero-order chi connectivity index (χ0) is 9.84. The van der Waals surface area contributed by atoms with Crippen molar-refractivity contribution in [3.8, 4) is 0 Å². The van der Waals surface area contributed by atoms with Crippen molar-refractivity contribution in [1.82, 2.24) is 0 Å². The highest BCUT2D eigenvalue weighted by molar-refractivity contribution is 5.99. The van der Waals surface area contributed by atoms with E-state index in [1.165, 1.54) is 18.2 Å². The summed E-state index contributed by atoms with van der Waals surface area (Å²) in [4.78, 5) is 11.3. The van der Waals surface area contributed by atoms with E-state index in [9.17, 15) is 14.3 Å². The van der Waals surface area contributed by atoms with Crippen LogP contribution in [-0.2, 0) is 0 Å². The first-order valence-corrected chi connectivity index (χ1v) is 4.13. The third-order valence-corrected chi connectivity index (χ3v) is 1.80. The average molecular weight is 182 g/mol. The Kier molecular flexibility index (Phi) is 3.14. The van der Waals surface area contributed by atoms with Crippen LogP contribution in [0.5, 0.6) is 0 Å². The lowest BCUT2D eigenvalue weighted by molar-refractivity contribution is 0.0740. The monoisotopic (exact) mass is 182 g/mol. The summed E-state index contributed by atoms with van der Waals surface area (Å²) >= 11 is 0. The molecule has 0 fully saturated rings. The summed E-state index contributed by atoms with van der Waals surface area (Å²) in [5, 5.41) is 9.20. The summed E-state index contributed by atoms with van der Waals surface area (Å²) in [6.45, 7) is 1.70. The Morgan fingerprint density at radius 1 is 1.62 bits per heavy atom. The van der Waals surface area contributed by atoms with Crippen molar-refractivity contribution in [1.29, 1.82) is 0 Å². The van der Waals surface area contributed by atoms with Crippen LogP contribution in [0, 0.1) is 5.82 Å². The minimum Gasteiger partial charge on any atom is -0.385 e. The van der Waals surface area contributed by atoms with Gasteiger partial charge in [0.2, 0.25) is 0 Å². The molecule has 1 unspecified atom stereocenters. The molecule has 0 aliphatic carbocycles. The molecule has 0 saturated heterocycles. The standard InChI is InChI=1S/C10H11FO2/c1-2-9(12)10(13)7-4-3-5-8(11)6-7/h3-6,9,12H,2H2,1H3. The fraction of sp³-hybridized carbons (Fsp3) is 0.300. The summed E-state index contributed by atoms with van der Waals surface area (Å²) in [6, 6.07) is 5.32. The summed E-state index contributed by atoms with van der Waals surface area (Å²) in [7, 11) is 0. The molecule has 1 N–H and O–H groups in total. The summed E-state index contributed by atoms with van der Waals surface area (Å²) in [5.74, 6) is -0.892. The Bertz CT molecular complexity index is 310. The minimum atomic E-state index is -1.03. The maximum absolute atomic E-state index is 12.7. The molecule has 3 heteroatoms. The maximum atomic E-state index is 12.7. The number of halogens is 1. The normalized spacial score (nSPS) is 12.5. The van der Waals surface area contributed by atoms with Gasteiger partial charge in [-0.1, -0.05) is 19.1 Å². The number of benzene rings is 1. The topological polar surface area (TPSA) is 37.3 Å². The lowest BCUT2D eigenvalue weighted by Gasteiger charge is -2.05. The van der Waals surface area contributed by atoms with E-state index in [-0.39, 0.29) is 5.56 Å². The molecule has 70 valence electrons. The molecule has 0 radical (unpaired) electrons. The van der Waals surface area contributed by atoms with Gasteiger partial charge >= 0.3 is 0 Å². The van der Waals surface area contributed by atoms with Gasteiger partial charge in [0.25, 0.3) is 0 Å². The van der Waals surface area contributed by atoms with Gasteiger partial charge in [0, 0.05) is 5.56 Å². The summed E-state index contributed by atoms with van der Waals surface area (Å²) < 4.78 is 12.7. The van der Waals surface area contributed by atoms with Gasteiger partial charge in [-0.15, -0.1) is 0 Å². The molecule has 0 aromatic heterocycles. The van der Waals surface area contributed by atoms with Crippen molar-refractivity contribution in [3.05, 3.63) is 35.6 Å². The molecule has 13 heavy (non-hydrogen) atoms. The number of carbonyl (C=O) groups is 1. The number of carbonyl (C=O) groups excluding carboxylic acids is 1. The van der Waals surface area contributed by atoms with Crippen LogP contribution in [0.25, 0.3) is 0 Å². The predicted molar refractivity (Wildman–Crippen MR) is 47.0 cm³/mol. The van der Waals surface area contributed by atoms with E-state index >= 15 is 0 Å². The number of hydrogen-bond donors (Lipinski definition) is 1. The highest BCUT2D eigenvalue weighted by Crippen LogP contribution is 2.08. The molecular weight excluding hydrogens is 171 g/mol. The van der Waals surface area contributed by atoms with Crippen LogP contribution in [0.1, 0.15) is 23.7 Å². The zero-order valence-electron chi connectivity index (χ0n) is 7.33. The smallest absolute Gasteiger partial charge is 0.191 e. The lowest BCUT2D eigenvalue weighted by atomic mass is 10.0. The van der Waals surface area contributed by atoms with Gasteiger partial charge < -0.3 is 5.11 Å². The second kappa shape index (κ2) is 4.14. The van der Waals surface area contributed by atoms with E-state index in [1.807, 2.05) is 0 Å². The molecule has 0 saturated carbocycles. The molecular formula is C10H11FO2. The Morgan fingerprint density at radius 2 is 2.31 bits per heavy atom. The first kappa shape index (κ1) is 9.86. The van der Waals surface area contributed by atoms with Crippen LogP contribution in [-0.4, -0.2) is 17.0 Å². The molecule has 0 spiro atoms. The van der Waals surface area contributed by atoms with Crippen molar-refractivity contribution in [2.45, 2.75) is 19.4 Å². The Hall–Kier alpha value is -1.22. The quantitative estimate of drug-likeness (QED) is 0.723. The van der Waals surface area contributed by atoms with Crippen LogP contribution >= 0.6 is 0 Å². The van der Waals surface area contributed by atoms with E-state index < -0.39 is 17.7 Å². The van der Waals surface area contributed by atoms with Gasteiger partial charge in [-0.25, -0.2) is 4.39 Å². The van der Waals surface area contributed by atoms with E-state index in [1.54, 1.807) is 6.92 Å². The first-order chi connectivity index (χ1) is 6.15. The molecule has 0 aliphatic heterocycles. The first-order valence-electron chi connectivity index (χ1n) is 4.13. The molecule has 0 bridgehead atoms. The number of aliphatic hydroxyl groups excluding tert-OH is 1. The van der Waals surface area contributed by atoms with Crippen molar-refractivity contribution in [2.75, 3.05) is 0 Å².